The molecule has 0 saturated heterocycles. The Balaban J connectivity index is 1.93. The monoisotopic (exact) mass is 290 g/mol. The summed E-state index contributed by atoms with van der Waals surface area (Å²) in [6.45, 7) is -0.210. The molecule has 1 fully saturated rings. The summed E-state index contributed by atoms with van der Waals surface area (Å²) in [5.41, 5.74) is -1.11. The molecular formula is C13H14F4N2O. The SMILES string of the molecule is O=C(CNCc1ccc(F)cc1C(F)(F)F)NC1CC1. The second kappa shape index (κ2) is 5.78. The van der Waals surface area contributed by atoms with Crippen LogP contribution < -0.4 is 10.6 Å². The van der Waals surface area contributed by atoms with Gasteiger partial charge in [0.25, 0.3) is 0 Å². The largest absolute Gasteiger partial charge is 0.416 e. The summed E-state index contributed by atoms with van der Waals surface area (Å²) in [6, 6.07) is 2.71. The van der Waals surface area contributed by atoms with Gasteiger partial charge in [-0.1, -0.05) is 6.07 Å². The number of halogens is 4. The van der Waals surface area contributed by atoms with E-state index >= 15 is 0 Å². The predicted octanol–water partition coefficient (Wildman–Crippen LogP) is 2.21. The van der Waals surface area contributed by atoms with E-state index in [1.165, 1.54) is 0 Å². The van der Waals surface area contributed by atoms with Gasteiger partial charge in [-0.2, -0.15) is 13.2 Å². The maximum atomic E-state index is 12.9. The first-order valence-corrected chi connectivity index (χ1v) is 6.22. The lowest BCUT2D eigenvalue weighted by atomic mass is 10.1. The molecule has 1 aromatic rings. The van der Waals surface area contributed by atoms with Gasteiger partial charge in [0, 0.05) is 12.6 Å². The molecule has 110 valence electrons. The molecule has 0 spiro atoms. The van der Waals surface area contributed by atoms with Crippen LogP contribution in [-0.2, 0) is 17.5 Å². The molecule has 0 heterocycles. The summed E-state index contributed by atoms with van der Waals surface area (Å²) in [4.78, 5) is 11.4. The Morgan fingerprint density at radius 2 is 2.00 bits per heavy atom. The topological polar surface area (TPSA) is 41.1 Å². The molecule has 1 amide bonds. The predicted molar refractivity (Wildman–Crippen MR) is 64.3 cm³/mol. The normalized spacial score (nSPS) is 15.2. The van der Waals surface area contributed by atoms with Gasteiger partial charge in [-0.05, 0) is 30.5 Å². The van der Waals surface area contributed by atoms with Crippen molar-refractivity contribution in [2.24, 2.45) is 0 Å². The van der Waals surface area contributed by atoms with Crippen molar-refractivity contribution < 1.29 is 22.4 Å². The fraction of sp³-hybridized carbons (Fsp3) is 0.462. The fourth-order valence-corrected chi connectivity index (χ4v) is 1.78. The van der Waals surface area contributed by atoms with Gasteiger partial charge in [0.05, 0.1) is 12.1 Å². The molecule has 2 N–H and O–H groups in total. The van der Waals surface area contributed by atoms with Crippen LogP contribution in [0.15, 0.2) is 18.2 Å². The maximum absolute atomic E-state index is 12.9. The van der Waals surface area contributed by atoms with E-state index < -0.39 is 17.6 Å². The summed E-state index contributed by atoms with van der Waals surface area (Å²) in [7, 11) is 0. The highest BCUT2D eigenvalue weighted by atomic mass is 19.4. The van der Waals surface area contributed by atoms with Gasteiger partial charge in [0.2, 0.25) is 5.91 Å². The van der Waals surface area contributed by atoms with Gasteiger partial charge >= 0.3 is 6.18 Å². The molecular weight excluding hydrogens is 276 g/mol. The third kappa shape index (κ3) is 4.19. The smallest absolute Gasteiger partial charge is 0.352 e. The number of hydrogen-bond donors (Lipinski definition) is 2. The number of amides is 1. The molecule has 1 aliphatic rings. The highest BCUT2D eigenvalue weighted by Gasteiger charge is 2.33. The number of alkyl halides is 3. The van der Waals surface area contributed by atoms with Crippen LogP contribution in [-0.4, -0.2) is 18.5 Å². The average Bonchev–Trinajstić information content (AvgIpc) is 3.13. The summed E-state index contributed by atoms with van der Waals surface area (Å²) in [5.74, 6) is -1.18. The quantitative estimate of drug-likeness (QED) is 0.816. The zero-order valence-electron chi connectivity index (χ0n) is 10.6. The second-order valence-electron chi connectivity index (χ2n) is 4.74. The molecule has 7 heteroatoms. The van der Waals surface area contributed by atoms with E-state index in [2.05, 4.69) is 10.6 Å². The van der Waals surface area contributed by atoms with Crippen molar-refractivity contribution in [3.8, 4) is 0 Å². The molecule has 0 aliphatic heterocycles. The highest BCUT2D eigenvalue weighted by Crippen LogP contribution is 2.32. The summed E-state index contributed by atoms with van der Waals surface area (Å²) >= 11 is 0. The van der Waals surface area contributed by atoms with E-state index in [4.69, 9.17) is 0 Å². The minimum atomic E-state index is -4.62. The minimum Gasteiger partial charge on any atom is -0.352 e. The van der Waals surface area contributed by atoms with Crippen molar-refractivity contribution >= 4 is 5.91 Å². The molecule has 0 atom stereocenters. The zero-order valence-corrected chi connectivity index (χ0v) is 10.6. The number of benzene rings is 1. The Kier molecular flexibility index (Phi) is 4.27. The van der Waals surface area contributed by atoms with E-state index in [0.29, 0.717) is 6.07 Å². The summed E-state index contributed by atoms with van der Waals surface area (Å²) < 4.78 is 51.1. The van der Waals surface area contributed by atoms with Crippen molar-refractivity contribution in [2.45, 2.75) is 31.6 Å². The van der Waals surface area contributed by atoms with Crippen molar-refractivity contribution in [1.29, 1.82) is 0 Å². The molecule has 3 nitrogen and oxygen atoms in total. The highest BCUT2D eigenvalue weighted by molar-refractivity contribution is 5.78. The van der Waals surface area contributed by atoms with Crippen molar-refractivity contribution in [2.75, 3.05) is 6.54 Å². The van der Waals surface area contributed by atoms with Crippen LogP contribution in [0.3, 0.4) is 0 Å². The summed E-state index contributed by atoms with van der Waals surface area (Å²) in [6.07, 6.45) is -2.72. The van der Waals surface area contributed by atoms with Gasteiger partial charge in [0.15, 0.2) is 0 Å². The molecule has 2 rings (SSSR count). The molecule has 0 bridgehead atoms. The van der Waals surface area contributed by atoms with Crippen molar-refractivity contribution in [1.82, 2.24) is 10.6 Å². The Morgan fingerprint density at radius 1 is 1.30 bits per heavy atom. The van der Waals surface area contributed by atoms with Crippen LogP contribution in [0.1, 0.15) is 24.0 Å². The van der Waals surface area contributed by atoms with Crippen LogP contribution in [0.2, 0.25) is 0 Å². The van der Waals surface area contributed by atoms with E-state index in [1.807, 2.05) is 0 Å². The van der Waals surface area contributed by atoms with E-state index in [9.17, 15) is 22.4 Å². The number of rotatable bonds is 5. The van der Waals surface area contributed by atoms with Gasteiger partial charge in [-0.15, -0.1) is 0 Å². The number of carbonyl (C=O) groups is 1. The first kappa shape index (κ1) is 14.8. The third-order valence-electron chi connectivity index (χ3n) is 2.92. The van der Waals surface area contributed by atoms with Gasteiger partial charge < -0.3 is 10.6 Å². The van der Waals surface area contributed by atoms with Crippen LogP contribution >= 0.6 is 0 Å². The van der Waals surface area contributed by atoms with E-state index in [0.717, 1.165) is 25.0 Å². The number of hydrogen-bond acceptors (Lipinski definition) is 2. The Morgan fingerprint density at radius 3 is 2.60 bits per heavy atom. The third-order valence-corrected chi connectivity index (χ3v) is 2.92. The summed E-state index contributed by atoms with van der Waals surface area (Å²) in [5, 5.41) is 5.34. The fourth-order valence-electron chi connectivity index (χ4n) is 1.78. The lowest BCUT2D eigenvalue weighted by molar-refractivity contribution is -0.138. The molecule has 0 unspecified atom stereocenters. The Labute approximate surface area is 113 Å². The first-order valence-electron chi connectivity index (χ1n) is 6.22. The lowest BCUT2D eigenvalue weighted by Gasteiger charge is -2.13. The molecule has 1 aliphatic carbocycles. The molecule has 20 heavy (non-hydrogen) atoms. The molecule has 1 saturated carbocycles. The zero-order chi connectivity index (χ0) is 14.8. The van der Waals surface area contributed by atoms with E-state index in [-0.39, 0.29) is 30.6 Å². The molecule has 1 aromatic carbocycles. The molecule has 0 radical (unpaired) electrons. The average molecular weight is 290 g/mol. The Hall–Kier alpha value is -1.63. The maximum Gasteiger partial charge on any atom is 0.416 e. The van der Waals surface area contributed by atoms with Crippen molar-refractivity contribution in [3.05, 3.63) is 35.1 Å². The standard InChI is InChI=1S/C13H14F4N2O/c14-9-2-1-8(11(5-9)13(15,16)17)6-18-7-12(20)19-10-3-4-10/h1-2,5,10,18H,3-4,6-7H2,(H,19,20). The van der Waals surface area contributed by atoms with Gasteiger partial charge in [-0.25, -0.2) is 4.39 Å². The molecule has 0 aromatic heterocycles. The number of carbonyl (C=O) groups excluding carboxylic acids is 1. The van der Waals surface area contributed by atoms with Crippen LogP contribution in [0, 0.1) is 5.82 Å². The number of nitrogens with one attached hydrogen (secondary N) is 2. The Bertz CT molecular complexity index is 498. The van der Waals surface area contributed by atoms with Crippen molar-refractivity contribution in [3.63, 3.8) is 0 Å². The second-order valence-corrected chi connectivity index (χ2v) is 4.74. The van der Waals surface area contributed by atoms with Crippen LogP contribution in [0.4, 0.5) is 17.6 Å². The van der Waals surface area contributed by atoms with Gasteiger partial charge in [-0.3, -0.25) is 4.79 Å². The first-order chi connectivity index (χ1) is 9.36. The van der Waals surface area contributed by atoms with E-state index in [1.54, 1.807) is 0 Å². The van der Waals surface area contributed by atoms with Crippen LogP contribution in [0.5, 0.6) is 0 Å². The minimum absolute atomic E-state index is 0.0643. The van der Waals surface area contributed by atoms with Gasteiger partial charge in [0.1, 0.15) is 5.82 Å². The lowest BCUT2D eigenvalue weighted by Crippen LogP contribution is -2.35. The van der Waals surface area contributed by atoms with Crippen LogP contribution in [0.25, 0.3) is 0 Å².